The molecule has 11 heavy (non-hydrogen) atoms. The highest BCUT2D eigenvalue weighted by Gasteiger charge is 2.05. The van der Waals surface area contributed by atoms with Gasteiger partial charge in [0.2, 0.25) is 0 Å². The van der Waals surface area contributed by atoms with Crippen molar-refractivity contribution in [1.29, 1.82) is 0 Å². The van der Waals surface area contributed by atoms with Gasteiger partial charge in [0, 0.05) is 0 Å². The first-order valence-electron chi connectivity index (χ1n) is 3.69. The van der Waals surface area contributed by atoms with E-state index in [0.29, 0.717) is 19.6 Å². The molecule has 0 heterocycles. The van der Waals surface area contributed by atoms with Crippen LogP contribution in [-0.4, -0.2) is 49.6 Å². The molecule has 0 aliphatic heterocycles. The number of hydrogen-bond donors (Lipinski definition) is 3. The van der Waals surface area contributed by atoms with E-state index < -0.39 is 0 Å². The normalized spacial score (nSPS) is 10.5. The summed E-state index contributed by atoms with van der Waals surface area (Å²) in [4.78, 5) is 10.7. The number of rotatable bonds is 7. The number of nitrogens with zero attached hydrogens (tertiary/aromatic N) is 1. The molecule has 0 aromatic rings. The van der Waals surface area contributed by atoms with Crippen LogP contribution < -0.4 is 4.90 Å². The zero-order chi connectivity index (χ0) is 8.53. The second-order valence-corrected chi connectivity index (χ2v) is 2.30. The second-order valence-electron chi connectivity index (χ2n) is 2.30. The van der Waals surface area contributed by atoms with Crippen molar-refractivity contribution in [2.75, 3.05) is 39.4 Å². The lowest BCUT2D eigenvalue weighted by molar-refractivity contribution is -0.899. The molecule has 0 unspecified atom stereocenters. The van der Waals surface area contributed by atoms with E-state index in [1.54, 1.807) is 0 Å². The van der Waals surface area contributed by atoms with Crippen LogP contribution in [0.5, 0.6) is 0 Å². The maximum atomic E-state index is 9.73. The van der Waals surface area contributed by atoms with Gasteiger partial charge in [0.15, 0.2) is 0 Å². The maximum absolute atomic E-state index is 9.73. The monoisotopic (exact) mass is 163 g/mol. The Morgan fingerprint density at radius 3 is 2.00 bits per heavy atom. The summed E-state index contributed by atoms with van der Waals surface area (Å²) < 4.78 is 0. The van der Waals surface area contributed by atoms with Crippen LogP contribution in [0, 0.1) is 4.91 Å². The highest BCUT2D eigenvalue weighted by Crippen LogP contribution is 1.60. The third-order valence-electron chi connectivity index (χ3n) is 1.49. The number of quaternary nitrogens is 1. The molecule has 0 fully saturated rings. The SMILES string of the molecule is O=NCC[NH+](CCO)CCO. The molecule has 0 saturated carbocycles. The molecule has 0 aromatic carbocycles. The molecule has 0 rings (SSSR count). The van der Waals surface area contributed by atoms with Gasteiger partial charge < -0.3 is 15.1 Å². The smallest absolute Gasteiger partial charge is 0.130 e. The third-order valence-corrected chi connectivity index (χ3v) is 1.49. The topological polar surface area (TPSA) is 74.3 Å². The molecule has 3 N–H and O–H groups in total. The maximum Gasteiger partial charge on any atom is 0.130 e. The van der Waals surface area contributed by atoms with E-state index in [1.165, 1.54) is 0 Å². The van der Waals surface area contributed by atoms with Crippen molar-refractivity contribution in [3.05, 3.63) is 4.91 Å². The van der Waals surface area contributed by atoms with Crippen molar-refractivity contribution in [3.63, 3.8) is 0 Å². The Hall–Kier alpha value is -0.520. The van der Waals surface area contributed by atoms with Crippen LogP contribution in [0.1, 0.15) is 0 Å². The minimum absolute atomic E-state index is 0.0776. The van der Waals surface area contributed by atoms with Gasteiger partial charge in [-0.1, -0.05) is 5.18 Å². The van der Waals surface area contributed by atoms with Crippen molar-refractivity contribution in [1.82, 2.24) is 0 Å². The molecule has 0 radical (unpaired) electrons. The predicted molar refractivity (Wildman–Crippen MR) is 40.4 cm³/mol. The van der Waals surface area contributed by atoms with Gasteiger partial charge in [-0.25, -0.2) is 0 Å². The molecule has 5 nitrogen and oxygen atoms in total. The van der Waals surface area contributed by atoms with Gasteiger partial charge in [0.1, 0.15) is 26.2 Å². The second kappa shape index (κ2) is 7.59. The molecule has 0 aliphatic rings. The van der Waals surface area contributed by atoms with Gasteiger partial charge in [0.25, 0.3) is 0 Å². The molecule has 0 spiro atoms. The highest BCUT2D eigenvalue weighted by atomic mass is 16.3. The lowest BCUT2D eigenvalue weighted by atomic mass is 10.4. The minimum atomic E-state index is 0.0776. The van der Waals surface area contributed by atoms with Crippen LogP contribution in [-0.2, 0) is 0 Å². The van der Waals surface area contributed by atoms with Gasteiger partial charge in [-0.05, 0) is 0 Å². The zero-order valence-corrected chi connectivity index (χ0v) is 6.49. The molecule has 5 heteroatoms. The number of nitroso groups, excluding NO2 is 1. The summed E-state index contributed by atoms with van der Waals surface area (Å²) in [6.07, 6.45) is 0. The Labute approximate surface area is 65.6 Å². The van der Waals surface area contributed by atoms with Crippen LogP contribution in [0.4, 0.5) is 0 Å². The molecule has 0 aliphatic carbocycles. The molecule has 0 atom stereocenters. The lowest BCUT2D eigenvalue weighted by Crippen LogP contribution is -3.13. The van der Waals surface area contributed by atoms with Gasteiger partial charge in [-0.15, -0.1) is 0 Å². The first kappa shape index (κ1) is 10.5. The summed E-state index contributed by atoms with van der Waals surface area (Å²) in [5.41, 5.74) is 0. The fourth-order valence-electron chi connectivity index (χ4n) is 0.895. The van der Waals surface area contributed by atoms with E-state index in [2.05, 4.69) is 5.18 Å². The van der Waals surface area contributed by atoms with E-state index in [-0.39, 0.29) is 19.8 Å². The van der Waals surface area contributed by atoms with E-state index in [0.717, 1.165) is 4.90 Å². The van der Waals surface area contributed by atoms with E-state index in [4.69, 9.17) is 10.2 Å². The van der Waals surface area contributed by atoms with Crippen molar-refractivity contribution in [2.45, 2.75) is 0 Å². The van der Waals surface area contributed by atoms with E-state index in [1.807, 2.05) is 0 Å². The van der Waals surface area contributed by atoms with Gasteiger partial charge in [-0.3, -0.25) is 0 Å². The summed E-state index contributed by atoms with van der Waals surface area (Å²) in [5, 5.41) is 19.8. The molecular formula is C6H15N2O3+. The average molecular weight is 163 g/mol. The summed E-state index contributed by atoms with van der Waals surface area (Å²) >= 11 is 0. The van der Waals surface area contributed by atoms with Crippen molar-refractivity contribution in [3.8, 4) is 0 Å². The summed E-state index contributed by atoms with van der Waals surface area (Å²) in [6.45, 7) is 2.12. The Bertz CT molecular complexity index is 93.8. The van der Waals surface area contributed by atoms with Crippen LogP contribution in [0.2, 0.25) is 0 Å². The van der Waals surface area contributed by atoms with Crippen molar-refractivity contribution < 1.29 is 15.1 Å². The fourth-order valence-corrected chi connectivity index (χ4v) is 0.895. The Morgan fingerprint density at radius 1 is 1.09 bits per heavy atom. The molecule has 0 aromatic heterocycles. The third kappa shape index (κ3) is 5.90. The highest BCUT2D eigenvalue weighted by molar-refractivity contribution is 4.36. The summed E-state index contributed by atoms with van der Waals surface area (Å²) in [7, 11) is 0. The van der Waals surface area contributed by atoms with E-state index in [9.17, 15) is 4.91 Å². The average Bonchev–Trinajstić information content (AvgIpc) is 2.01. The fraction of sp³-hybridized carbons (Fsp3) is 1.00. The minimum Gasteiger partial charge on any atom is -0.391 e. The Balaban J connectivity index is 3.41. The molecule has 0 bridgehead atoms. The first-order chi connectivity index (χ1) is 5.35. The number of aliphatic hydroxyl groups excluding tert-OH is 2. The van der Waals surface area contributed by atoms with E-state index >= 15 is 0 Å². The largest absolute Gasteiger partial charge is 0.391 e. The number of nitrogens with one attached hydrogen (secondary N) is 1. The molecule has 0 saturated heterocycles. The standard InChI is InChI=1S/C6H14N2O3/c9-5-3-8(4-6-10)2-1-7-11/h9-10H,1-6H2/p+1. The van der Waals surface area contributed by atoms with Crippen LogP contribution in [0.3, 0.4) is 0 Å². The molecular weight excluding hydrogens is 148 g/mol. The van der Waals surface area contributed by atoms with Crippen LogP contribution in [0.25, 0.3) is 0 Å². The van der Waals surface area contributed by atoms with Crippen molar-refractivity contribution in [2.24, 2.45) is 5.18 Å². The van der Waals surface area contributed by atoms with Crippen LogP contribution >= 0.6 is 0 Å². The Kier molecular flexibility index (Phi) is 7.23. The number of hydrogen-bond acceptors (Lipinski definition) is 4. The zero-order valence-electron chi connectivity index (χ0n) is 6.49. The van der Waals surface area contributed by atoms with Gasteiger partial charge in [0.05, 0.1) is 13.2 Å². The Morgan fingerprint density at radius 2 is 1.64 bits per heavy atom. The summed E-state index contributed by atoms with van der Waals surface area (Å²) in [6, 6.07) is 0. The molecule has 0 amide bonds. The molecule has 66 valence electrons. The lowest BCUT2D eigenvalue weighted by Gasteiger charge is -2.14. The first-order valence-corrected chi connectivity index (χ1v) is 3.69. The van der Waals surface area contributed by atoms with Crippen molar-refractivity contribution >= 4 is 0 Å². The predicted octanol–water partition coefficient (Wildman–Crippen LogP) is -2.38. The quantitative estimate of drug-likeness (QED) is 0.367. The summed E-state index contributed by atoms with van der Waals surface area (Å²) in [5.74, 6) is 0. The number of aliphatic hydroxyl groups is 2. The van der Waals surface area contributed by atoms with Gasteiger partial charge in [-0.2, -0.15) is 4.91 Å². The van der Waals surface area contributed by atoms with Crippen LogP contribution in [0.15, 0.2) is 5.18 Å². The van der Waals surface area contributed by atoms with Gasteiger partial charge >= 0.3 is 0 Å².